The van der Waals surface area contributed by atoms with Crippen molar-refractivity contribution in [2.24, 2.45) is 0 Å². The number of hydrogen-bond acceptors (Lipinski definition) is 4. The summed E-state index contributed by atoms with van der Waals surface area (Å²) >= 11 is 0. The van der Waals surface area contributed by atoms with Gasteiger partial charge in [-0.3, -0.25) is 9.48 Å². The lowest BCUT2D eigenvalue weighted by molar-refractivity contribution is 0.0950. The third-order valence-electron chi connectivity index (χ3n) is 4.99. The van der Waals surface area contributed by atoms with E-state index < -0.39 is 0 Å². The number of benzene rings is 2. The van der Waals surface area contributed by atoms with Crippen molar-refractivity contribution in [2.45, 2.75) is 26.4 Å². The largest absolute Gasteiger partial charge is 0.439 e. The van der Waals surface area contributed by atoms with Crippen LogP contribution < -0.4 is 10.1 Å². The molecule has 0 aliphatic rings. The highest BCUT2D eigenvalue weighted by molar-refractivity contribution is 5.95. The van der Waals surface area contributed by atoms with Gasteiger partial charge in [0.2, 0.25) is 5.88 Å². The lowest BCUT2D eigenvalue weighted by Gasteiger charge is -2.09. The Hall–Kier alpha value is -4.00. The predicted octanol–water partition coefficient (Wildman–Crippen LogP) is 4.75. The van der Waals surface area contributed by atoms with Gasteiger partial charge < -0.3 is 10.1 Å². The molecule has 6 nitrogen and oxygen atoms in total. The van der Waals surface area contributed by atoms with E-state index in [0.29, 0.717) is 36.7 Å². The summed E-state index contributed by atoms with van der Waals surface area (Å²) in [6.07, 6.45) is 3.96. The Morgan fingerprint density at radius 1 is 1.00 bits per heavy atom. The zero-order valence-corrected chi connectivity index (χ0v) is 17.7. The van der Waals surface area contributed by atoms with Crippen LogP contribution in [0, 0.1) is 5.82 Å². The fourth-order valence-corrected chi connectivity index (χ4v) is 3.34. The second kappa shape index (κ2) is 9.87. The van der Waals surface area contributed by atoms with Crippen LogP contribution >= 0.6 is 0 Å². The molecule has 0 aliphatic heterocycles. The summed E-state index contributed by atoms with van der Waals surface area (Å²) in [5.41, 5.74) is 3.44. The fraction of sp³-hybridized carbons (Fsp3) is 0.160. The molecule has 162 valence electrons. The molecule has 2 heterocycles. The van der Waals surface area contributed by atoms with Crippen molar-refractivity contribution >= 4 is 5.91 Å². The molecular formula is C25H23FN4O2. The van der Waals surface area contributed by atoms with Crippen molar-refractivity contribution in [1.29, 1.82) is 0 Å². The Bertz CT molecular complexity index is 1170. The first-order chi connectivity index (χ1) is 15.6. The molecule has 0 radical (unpaired) electrons. The van der Waals surface area contributed by atoms with Crippen molar-refractivity contribution in [2.75, 3.05) is 0 Å². The number of carbonyl (C=O) groups excluding carboxylic acids is 1. The van der Waals surface area contributed by atoms with Gasteiger partial charge in [-0.1, -0.05) is 43.3 Å². The van der Waals surface area contributed by atoms with Crippen molar-refractivity contribution in [3.8, 4) is 11.6 Å². The average Bonchev–Trinajstić information content (AvgIpc) is 3.23. The number of ether oxygens (including phenoxy) is 1. The van der Waals surface area contributed by atoms with Gasteiger partial charge in [0.1, 0.15) is 11.6 Å². The van der Waals surface area contributed by atoms with Crippen LogP contribution in [0.2, 0.25) is 0 Å². The summed E-state index contributed by atoms with van der Waals surface area (Å²) in [5.74, 6) is 0.391. The number of pyridine rings is 1. The average molecular weight is 430 g/mol. The molecule has 4 aromatic rings. The van der Waals surface area contributed by atoms with Crippen LogP contribution in [0.4, 0.5) is 4.39 Å². The normalized spacial score (nSPS) is 10.7. The van der Waals surface area contributed by atoms with Crippen LogP contribution in [0.5, 0.6) is 11.6 Å². The number of amides is 1. The summed E-state index contributed by atoms with van der Waals surface area (Å²) in [5, 5.41) is 7.35. The molecule has 0 saturated heterocycles. The highest BCUT2D eigenvalue weighted by Crippen LogP contribution is 2.19. The number of nitrogens with zero attached hydrogens (tertiary/aromatic N) is 3. The summed E-state index contributed by atoms with van der Waals surface area (Å²) in [7, 11) is 0. The van der Waals surface area contributed by atoms with Gasteiger partial charge >= 0.3 is 0 Å². The second-order valence-corrected chi connectivity index (χ2v) is 7.25. The Morgan fingerprint density at radius 2 is 1.78 bits per heavy atom. The first kappa shape index (κ1) is 21.2. The molecule has 2 aromatic carbocycles. The van der Waals surface area contributed by atoms with Gasteiger partial charge in [0.15, 0.2) is 0 Å². The molecule has 0 unspecified atom stereocenters. The van der Waals surface area contributed by atoms with Crippen LogP contribution in [-0.4, -0.2) is 20.7 Å². The number of nitrogens with one attached hydrogen (secondary N) is 1. The number of hydrogen-bond donors (Lipinski definition) is 1. The Kier molecular flexibility index (Phi) is 6.55. The summed E-state index contributed by atoms with van der Waals surface area (Å²) in [6, 6.07) is 19.3. The summed E-state index contributed by atoms with van der Waals surface area (Å²) in [4.78, 5) is 17.0. The quantitative estimate of drug-likeness (QED) is 0.438. The minimum absolute atomic E-state index is 0.173. The number of halogens is 1. The van der Waals surface area contributed by atoms with Crippen LogP contribution in [-0.2, 0) is 19.5 Å². The van der Waals surface area contributed by atoms with Crippen molar-refractivity contribution in [3.05, 3.63) is 107 Å². The first-order valence-corrected chi connectivity index (χ1v) is 10.4. The third-order valence-corrected chi connectivity index (χ3v) is 4.99. The maximum absolute atomic E-state index is 13.0. The highest BCUT2D eigenvalue weighted by Gasteiger charge is 2.16. The molecule has 32 heavy (non-hydrogen) atoms. The topological polar surface area (TPSA) is 69.0 Å². The third kappa shape index (κ3) is 5.18. The number of carbonyl (C=O) groups is 1. The van der Waals surface area contributed by atoms with Gasteiger partial charge in [-0.2, -0.15) is 5.10 Å². The zero-order chi connectivity index (χ0) is 22.3. The molecular weight excluding hydrogens is 407 g/mol. The number of aromatic nitrogens is 3. The van der Waals surface area contributed by atoms with E-state index >= 15 is 0 Å². The molecule has 0 spiro atoms. The molecule has 4 rings (SSSR count). The second-order valence-electron chi connectivity index (χ2n) is 7.25. The summed E-state index contributed by atoms with van der Waals surface area (Å²) in [6.45, 7) is 2.96. The van der Waals surface area contributed by atoms with Crippen LogP contribution in [0.3, 0.4) is 0 Å². The van der Waals surface area contributed by atoms with E-state index in [9.17, 15) is 9.18 Å². The summed E-state index contributed by atoms with van der Waals surface area (Å²) < 4.78 is 20.4. The Labute approximate surface area is 185 Å². The smallest absolute Gasteiger partial charge is 0.255 e. The van der Waals surface area contributed by atoms with E-state index in [2.05, 4.69) is 15.4 Å². The van der Waals surface area contributed by atoms with Crippen molar-refractivity contribution in [3.63, 3.8) is 0 Å². The maximum atomic E-state index is 13.0. The minimum Gasteiger partial charge on any atom is -0.439 e. The lowest BCUT2D eigenvalue weighted by atomic mass is 10.1. The van der Waals surface area contributed by atoms with Crippen LogP contribution in [0.1, 0.15) is 34.1 Å². The van der Waals surface area contributed by atoms with Gasteiger partial charge in [-0.15, -0.1) is 0 Å². The van der Waals surface area contributed by atoms with Gasteiger partial charge in [-0.05, 0) is 41.8 Å². The van der Waals surface area contributed by atoms with Crippen LogP contribution in [0.25, 0.3) is 0 Å². The van der Waals surface area contributed by atoms with E-state index in [1.807, 2.05) is 48.0 Å². The van der Waals surface area contributed by atoms with Gasteiger partial charge in [0.05, 0.1) is 24.0 Å². The van der Waals surface area contributed by atoms with Gasteiger partial charge in [0, 0.05) is 18.8 Å². The molecule has 0 bridgehead atoms. The van der Waals surface area contributed by atoms with E-state index in [4.69, 9.17) is 4.74 Å². The van der Waals surface area contributed by atoms with Gasteiger partial charge in [-0.25, -0.2) is 9.37 Å². The van der Waals surface area contributed by atoms with Crippen LogP contribution in [0.15, 0.2) is 79.1 Å². The lowest BCUT2D eigenvalue weighted by Crippen LogP contribution is -2.24. The van der Waals surface area contributed by atoms with E-state index in [1.165, 1.54) is 24.3 Å². The maximum Gasteiger partial charge on any atom is 0.255 e. The van der Waals surface area contributed by atoms with E-state index in [0.717, 1.165) is 16.8 Å². The minimum atomic E-state index is -0.326. The SMILES string of the molecule is CCc1c(C(=O)NCc2ccc(Oc3ccc(F)cc3)nc2)cnn1Cc1ccccc1. The molecule has 0 saturated carbocycles. The Balaban J connectivity index is 1.36. The predicted molar refractivity (Wildman–Crippen MR) is 119 cm³/mol. The highest BCUT2D eigenvalue weighted by atomic mass is 19.1. The van der Waals surface area contributed by atoms with E-state index in [1.54, 1.807) is 18.5 Å². The first-order valence-electron chi connectivity index (χ1n) is 10.4. The zero-order valence-electron chi connectivity index (χ0n) is 17.7. The molecule has 0 fully saturated rings. The molecule has 1 N–H and O–H groups in total. The molecule has 0 atom stereocenters. The fourth-order valence-electron chi connectivity index (χ4n) is 3.34. The van der Waals surface area contributed by atoms with Gasteiger partial charge in [0.25, 0.3) is 5.91 Å². The monoisotopic (exact) mass is 430 g/mol. The molecule has 1 amide bonds. The number of rotatable bonds is 8. The van der Waals surface area contributed by atoms with E-state index in [-0.39, 0.29) is 11.7 Å². The molecule has 2 aromatic heterocycles. The van der Waals surface area contributed by atoms with Crippen molar-refractivity contribution < 1.29 is 13.9 Å². The Morgan fingerprint density at radius 3 is 2.47 bits per heavy atom. The molecule has 7 heteroatoms. The molecule has 0 aliphatic carbocycles. The van der Waals surface area contributed by atoms with Crippen molar-refractivity contribution in [1.82, 2.24) is 20.1 Å². The standard InChI is InChI=1S/C25H23FN4O2/c1-2-23-22(16-29-30(23)17-18-6-4-3-5-7-18)25(31)28-15-19-8-13-24(27-14-19)32-21-11-9-20(26)10-12-21/h3-14,16H,2,15,17H2,1H3,(H,28,31).